The zero-order valence-electron chi connectivity index (χ0n) is 20.8. The molecule has 0 N–H and O–H groups in total. The van der Waals surface area contributed by atoms with Gasteiger partial charge in [-0.2, -0.15) is 0 Å². The Morgan fingerprint density at radius 2 is 1.76 bits per heavy atom. The van der Waals surface area contributed by atoms with Gasteiger partial charge in [0.15, 0.2) is 0 Å². The van der Waals surface area contributed by atoms with Crippen LogP contribution in [0.25, 0.3) is 16.6 Å². The SMILES string of the molecule is CC(C)CCN(C(=O)c1cccc([N+](=O)[O-])c1)C(C)c1nc2ccccc2c(=O)n1-c1ccccc1Cl. The molecule has 1 unspecified atom stereocenters. The minimum Gasteiger partial charge on any atom is -0.329 e. The number of para-hydroxylation sites is 2. The summed E-state index contributed by atoms with van der Waals surface area (Å²) in [5.74, 6) is 0.257. The van der Waals surface area contributed by atoms with Crippen LogP contribution in [0.15, 0.2) is 77.6 Å². The normalized spacial score (nSPS) is 12.0. The number of benzene rings is 3. The van der Waals surface area contributed by atoms with Gasteiger partial charge in [0, 0.05) is 24.2 Å². The number of nitrogens with zero attached hydrogens (tertiary/aromatic N) is 4. The van der Waals surface area contributed by atoms with E-state index in [4.69, 9.17) is 16.6 Å². The number of nitro groups is 1. The maximum atomic E-state index is 13.8. The van der Waals surface area contributed by atoms with Crippen LogP contribution in [0.3, 0.4) is 0 Å². The fourth-order valence-electron chi connectivity index (χ4n) is 4.22. The Kier molecular flexibility index (Phi) is 7.69. The second kappa shape index (κ2) is 10.9. The molecule has 4 aromatic rings. The Balaban J connectivity index is 1.91. The van der Waals surface area contributed by atoms with Crippen molar-refractivity contribution < 1.29 is 9.72 Å². The van der Waals surface area contributed by atoms with Crippen molar-refractivity contribution in [3.05, 3.63) is 110 Å². The van der Waals surface area contributed by atoms with Crippen molar-refractivity contribution in [2.45, 2.75) is 33.2 Å². The van der Waals surface area contributed by atoms with E-state index in [-0.39, 0.29) is 22.7 Å². The molecule has 8 nitrogen and oxygen atoms in total. The van der Waals surface area contributed by atoms with E-state index in [0.29, 0.717) is 46.3 Å². The van der Waals surface area contributed by atoms with Gasteiger partial charge in [0.1, 0.15) is 5.82 Å². The van der Waals surface area contributed by atoms with Gasteiger partial charge in [0.05, 0.1) is 32.6 Å². The first kappa shape index (κ1) is 26.0. The molecule has 0 aliphatic carbocycles. The number of hydrogen-bond donors (Lipinski definition) is 0. The number of non-ortho nitro benzene ring substituents is 1. The molecule has 0 fully saturated rings. The standard InChI is InChI=1S/C28H27ClN4O4/c1-18(2)15-16-31(27(34)20-9-8-10-21(17-20)33(36)37)19(3)26-30-24-13-6-4-11-22(24)28(35)32(26)25-14-7-5-12-23(25)29/h4-14,17-19H,15-16H2,1-3H3. The lowest BCUT2D eigenvalue weighted by molar-refractivity contribution is -0.384. The molecule has 190 valence electrons. The molecule has 0 radical (unpaired) electrons. The highest BCUT2D eigenvalue weighted by atomic mass is 35.5. The Bertz CT molecular complexity index is 1530. The van der Waals surface area contributed by atoms with Gasteiger partial charge in [-0.3, -0.25) is 24.3 Å². The Hall–Kier alpha value is -4.04. The third kappa shape index (κ3) is 5.39. The van der Waals surface area contributed by atoms with Crippen molar-refractivity contribution in [3.63, 3.8) is 0 Å². The zero-order chi connectivity index (χ0) is 26.7. The second-order valence-electron chi connectivity index (χ2n) is 9.24. The van der Waals surface area contributed by atoms with Crippen LogP contribution < -0.4 is 5.56 Å². The van der Waals surface area contributed by atoms with Crippen LogP contribution in [0.4, 0.5) is 5.69 Å². The predicted octanol–water partition coefficient (Wildman–Crippen LogP) is 6.20. The number of fused-ring (bicyclic) bond motifs is 1. The summed E-state index contributed by atoms with van der Waals surface area (Å²) < 4.78 is 1.46. The van der Waals surface area contributed by atoms with Crippen LogP contribution >= 0.6 is 11.6 Å². The highest BCUT2D eigenvalue weighted by Gasteiger charge is 2.29. The average Bonchev–Trinajstić information content (AvgIpc) is 2.89. The number of aromatic nitrogens is 2. The number of rotatable bonds is 8. The smallest absolute Gasteiger partial charge is 0.270 e. The number of carbonyl (C=O) groups is 1. The molecule has 0 aliphatic rings. The molecule has 3 aromatic carbocycles. The van der Waals surface area contributed by atoms with Gasteiger partial charge < -0.3 is 4.90 Å². The second-order valence-corrected chi connectivity index (χ2v) is 9.65. The van der Waals surface area contributed by atoms with E-state index < -0.39 is 11.0 Å². The van der Waals surface area contributed by atoms with Crippen LogP contribution in [-0.2, 0) is 0 Å². The summed E-state index contributed by atoms with van der Waals surface area (Å²) in [6.07, 6.45) is 0.689. The molecule has 0 bridgehead atoms. The summed E-state index contributed by atoms with van der Waals surface area (Å²) in [7, 11) is 0. The van der Waals surface area contributed by atoms with Gasteiger partial charge in [-0.25, -0.2) is 4.98 Å². The number of hydrogen-bond acceptors (Lipinski definition) is 5. The molecule has 0 saturated heterocycles. The molecule has 1 heterocycles. The summed E-state index contributed by atoms with van der Waals surface area (Å²) in [4.78, 5) is 44.8. The summed E-state index contributed by atoms with van der Waals surface area (Å²) >= 11 is 6.51. The highest BCUT2D eigenvalue weighted by Crippen LogP contribution is 2.28. The molecule has 9 heteroatoms. The summed E-state index contributed by atoms with van der Waals surface area (Å²) in [5, 5.41) is 12.1. The molecule has 1 aromatic heterocycles. The summed E-state index contributed by atoms with van der Waals surface area (Å²) in [6.45, 7) is 6.27. The Morgan fingerprint density at radius 1 is 1.05 bits per heavy atom. The molecule has 37 heavy (non-hydrogen) atoms. The van der Waals surface area contributed by atoms with Crippen molar-refractivity contribution >= 4 is 34.1 Å². The van der Waals surface area contributed by atoms with Crippen LogP contribution in [0.5, 0.6) is 0 Å². The van der Waals surface area contributed by atoms with Crippen molar-refractivity contribution in [1.82, 2.24) is 14.5 Å². The van der Waals surface area contributed by atoms with Gasteiger partial charge in [-0.1, -0.05) is 55.8 Å². The van der Waals surface area contributed by atoms with Crippen LogP contribution in [0.1, 0.15) is 49.4 Å². The minimum absolute atomic E-state index is 0.167. The van der Waals surface area contributed by atoms with E-state index >= 15 is 0 Å². The average molecular weight is 519 g/mol. The molecular formula is C28H27ClN4O4. The zero-order valence-corrected chi connectivity index (χ0v) is 21.6. The molecule has 1 amide bonds. The lowest BCUT2D eigenvalue weighted by atomic mass is 10.1. The highest BCUT2D eigenvalue weighted by molar-refractivity contribution is 6.32. The van der Waals surface area contributed by atoms with E-state index in [1.807, 2.05) is 0 Å². The van der Waals surface area contributed by atoms with E-state index in [1.54, 1.807) is 66.4 Å². The van der Waals surface area contributed by atoms with Crippen molar-refractivity contribution in [1.29, 1.82) is 0 Å². The Morgan fingerprint density at radius 3 is 2.46 bits per heavy atom. The third-order valence-corrected chi connectivity index (χ3v) is 6.57. The summed E-state index contributed by atoms with van der Waals surface area (Å²) in [5.41, 5.74) is 0.689. The number of halogens is 1. The van der Waals surface area contributed by atoms with Gasteiger partial charge in [0.2, 0.25) is 0 Å². The number of nitro benzene ring substituents is 1. The van der Waals surface area contributed by atoms with E-state index in [9.17, 15) is 19.7 Å². The quantitative estimate of drug-likeness (QED) is 0.204. The minimum atomic E-state index is -0.654. The Labute approximate surface area is 219 Å². The molecule has 0 aliphatic heterocycles. The first-order chi connectivity index (χ1) is 17.7. The maximum absolute atomic E-state index is 13.8. The van der Waals surface area contributed by atoms with Crippen LogP contribution in [0, 0.1) is 16.0 Å². The molecule has 0 saturated carbocycles. The monoisotopic (exact) mass is 518 g/mol. The fourth-order valence-corrected chi connectivity index (χ4v) is 4.44. The van der Waals surface area contributed by atoms with Crippen molar-refractivity contribution in [2.75, 3.05) is 6.54 Å². The molecule has 4 rings (SSSR count). The third-order valence-electron chi connectivity index (χ3n) is 6.25. The van der Waals surface area contributed by atoms with Gasteiger partial charge in [-0.15, -0.1) is 0 Å². The number of amides is 1. The van der Waals surface area contributed by atoms with Crippen molar-refractivity contribution in [3.8, 4) is 5.69 Å². The first-order valence-electron chi connectivity index (χ1n) is 12.0. The number of carbonyl (C=O) groups excluding carboxylic acids is 1. The van der Waals surface area contributed by atoms with Crippen molar-refractivity contribution in [2.24, 2.45) is 5.92 Å². The fraction of sp³-hybridized carbons (Fsp3) is 0.250. The van der Waals surface area contributed by atoms with E-state index in [2.05, 4.69) is 13.8 Å². The lowest BCUT2D eigenvalue weighted by Gasteiger charge is -2.31. The van der Waals surface area contributed by atoms with Gasteiger partial charge in [0.25, 0.3) is 17.2 Å². The molecule has 1 atom stereocenters. The topological polar surface area (TPSA) is 98.3 Å². The molecule has 0 spiro atoms. The van der Waals surface area contributed by atoms with Crippen LogP contribution in [-0.4, -0.2) is 31.8 Å². The van der Waals surface area contributed by atoms with Gasteiger partial charge >= 0.3 is 0 Å². The first-order valence-corrected chi connectivity index (χ1v) is 12.4. The van der Waals surface area contributed by atoms with Gasteiger partial charge in [-0.05, 0) is 49.6 Å². The predicted molar refractivity (Wildman–Crippen MR) is 144 cm³/mol. The maximum Gasteiger partial charge on any atom is 0.270 e. The van der Waals surface area contributed by atoms with E-state index in [1.165, 1.54) is 22.8 Å². The van der Waals surface area contributed by atoms with E-state index in [0.717, 1.165) is 0 Å². The largest absolute Gasteiger partial charge is 0.329 e. The lowest BCUT2D eigenvalue weighted by Crippen LogP contribution is -2.38. The summed E-state index contributed by atoms with van der Waals surface area (Å²) in [6, 6.07) is 19.0. The molecular weight excluding hydrogens is 492 g/mol. The van der Waals surface area contributed by atoms with Crippen LogP contribution in [0.2, 0.25) is 5.02 Å².